The molecule has 0 fully saturated rings. The van der Waals surface area contributed by atoms with E-state index in [9.17, 15) is 14.4 Å². The number of ether oxygens (including phenoxy) is 1. The van der Waals surface area contributed by atoms with Gasteiger partial charge in [0, 0.05) is 25.1 Å². The van der Waals surface area contributed by atoms with Gasteiger partial charge in [-0.2, -0.15) is 5.10 Å². The molecule has 0 saturated heterocycles. The third-order valence-electron chi connectivity index (χ3n) is 2.86. The number of nitrogens with one attached hydrogen (secondary N) is 3. The van der Waals surface area contributed by atoms with Crippen LogP contribution in [0.4, 0.5) is 5.69 Å². The molecule has 0 heterocycles. The van der Waals surface area contributed by atoms with E-state index in [0.717, 1.165) is 5.56 Å². The van der Waals surface area contributed by atoms with Crippen molar-refractivity contribution in [2.45, 2.75) is 20.3 Å². The van der Waals surface area contributed by atoms with Crippen LogP contribution in [0.1, 0.15) is 18.9 Å². The number of benzene rings is 1. The maximum atomic E-state index is 11.9. The van der Waals surface area contributed by atoms with Gasteiger partial charge in [-0.3, -0.25) is 14.4 Å². The summed E-state index contributed by atoms with van der Waals surface area (Å²) in [5.74, 6) is -1.97. The maximum Gasteiger partial charge on any atom is 0.329 e. The average molecular weight is 334 g/mol. The van der Waals surface area contributed by atoms with E-state index in [-0.39, 0.29) is 18.9 Å². The van der Waals surface area contributed by atoms with E-state index >= 15 is 0 Å². The van der Waals surface area contributed by atoms with Crippen molar-refractivity contribution in [3.05, 3.63) is 29.8 Å². The molecule has 130 valence electrons. The van der Waals surface area contributed by atoms with Crippen LogP contribution in [-0.2, 0) is 19.1 Å². The SMILES string of the molecule is COCCNC(=O)C(=O)N/N=C(/C)CC(=O)Nc1cccc(C)c1. The highest BCUT2D eigenvalue weighted by Gasteiger charge is 2.12. The monoisotopic (exact) mass is 334 g/mol. The van der Waals surface area contributed by atoms with Gasteiger partial charge in [-0.25, -0.2) is 5.43 Å². The Balaban J connectivity index is 2.41. The predicted molar refractivity (Wildman–Crippen MR) is 90.6 cm³/mol. The summed E-state index contributed by atoms with van der Waals surface area (Å²) in [6.45, 7) is 4.04. The molecule has 0 unspecified atom stereocenters. The average Bonchev–Trinajstić information content (AvgIpc) is 2.52. The minimum absolute atomic E-state index is 0.000480. The van der Waals surface area contributed by atoms with E-state index in [1.165, 1.54) is 7.11 Å². The Morgan fingerprint density at radius 3 is 2.62 bits per heavy atom. The largest absolute Gasteiger partial charge is 0.383 e. The van der Waals surface area contributed by atoms with Crippen molar-refractivity contribution in [1.29, 1.82) is 0 Å². The molecule has 1 aromatic rings. The molecule has 0 aliphatic carbocycles. The summed E-state index contributed by atoms with van der Waals surface area (Å²) in [6.07, 6.45) is -0.000480. The van der Waals surface area contributed by atoms with Gasteiger partial charge in [0.05, 0.1) is 13.0 Å². The van der Waals surface area contributed by atoms with Crippen LogP contribution in [0.2, 0.25) is 0 Å². The molecule has 0 atom stereocenters. The second-order valence-electron chi connectivity index (χ2n) is 5.13. The molecular weight excluding hydrogens is 312 g/mol. The standard InChI is InChI=1S/C16H22N4O4/c1-11-5-4-6-13(9-11)18-14(21)10-12(2)19-20-16(23)15(22)17-7-8-24-3/h4-6,9H,7-8,10H2,1-3H3,(H,17,22)(H,18,21)(H,20,23)/b19-12-. The number of hydrazone groups is 1. The van der Waals surface area contributed by atoms with Crippen LogP contribution in [0.5, 0.6) is 0 Å². The topological polar surface area (TPSA) is 109 Å². The lowest BCUT2D eigenvalue weighted by Gasteiger charge is -2.06. The van der Waals surface area contributed by atoms with Gasteiger partial charge >= 0.3 is 11.8 Å². The third-order valence-corrected chi connectivity index (χ3v) is 2.86. The fourth-order valence-electron chi connectivity index (χ4n) is 1.74. The van der Waals surface area contributed by atoms with Gasteiger partial charge in [-0.1, -0.05) is 12.1 Å². The fourth-order valence-corrected chi connectivity index (χ4v) is 1.74. The fraction of sp³-hybridized carbons (Fsp3) is 0.375. The van der Waals surface area contributed by atoms with Gasteiger partial charge in [-0.15, -0.1) is 0 Å². The number of anilines is 1. The molecule has 0 aromatic heterocycles. The van der Waals surface area contributed by atoms with E-state index in [1.807, 2.05) is 25.1 Å². The van der Waals surface area contributed by atoms with Crippen molar-refractivity contribution in [2.75, 3.05) is 25.6 Å². The van der Waals surface area contributed by atoms with Gasteiger partial charge in [0.2, 0.25) is 5.91 Å². The quantitative estimate of drug-likeness (QED) is 0.293. The molecule has 0 bridgehead atoms. The molecule has 0 radical (unpaired) electrons. The van der Waals surface area contributed by atoms with Crippen LogP contribution in [0.15, 0.2) is 29.4 Å². The van der Waals surface area contributed by atoms with Gasteiger partial charge in [0.25, 0.3) is 0 Å². The lowest BCUT2D eigenvalue weighted by Crippen LogP contribution is -2.39. The lowest BCUT2D eigenvalue weighted by atomic mass is 10.2. The van der Waals surface area contributed by atoms with Crippen LogP contribution >= 0.6 is 0 Å². The molecule has 8 nitrogen and oxygen atoms in total. The Labute approximate surface area is 140 Å². The second-order valence-corrected chi connectivity index (χ2v) is 5.13. The number of hydrogen-bond acceptors (Lipinski definition) is 5. The zero-order valence-corrected chi connectivity index (χ0v) is 14.0. The van der Waals surface area contributed by atoms with Gasteiger partial charge in [-0.05, 0) is 31.5 Å². The van der Waals surface area contributed by atoms with Crippen molar-refractivity contribution >= 4 is 29.1 Å². The zero-order valence-electron chi connectivity index (χ0n) is 14.0. The summed E-state index contributed by atoms with van der Waals surface area (Å²) in [6, 6.07) is 7.39. The van der Waals surface area contributed by atoms with E-state index in [1.54, 1.807) is 13.0 Å². The third kappa shape index (κ3) is 7.50. The minimum Gasteiger partial charge on any atom is -0.383 e. The first-order valence-electron chi connectivity index (χ1n) is 7.39. The van der Waals surface area contributed by atoms with Crippen molar-refractivity contribution in [2.24, 2.45) is 5.10 Å². The molecule has 3 N–H and O–H groups in total. The Bertz CT molecular complexity index is 628. The van der Waals surface area contributed by atoms with Crippen LogP contribution < -0.4 is 16.1 Å². The number of nitrogens with zero attached hydrogens (tertiary/aromatic N) is 1. The summed E-state index contributed by atoms with van der Waals surface area (Å²) < 4.78 is 4.75. The highest BCUT2D eigenvalue weighted by Crippen LogP contribution is 2.09. The molecule has 0 spiro atoms. The van der Waals surface area contributed by atoms with Crippen molar-refractivity contribution in [3.63, 3.8) is 0 Å². The number of methoxy groups -OCH3 is 1. The van der Waals surface area contributed by atoms with Crippen LogP contribution in [0.3, 0.4) is 0 Å². The van der Waals surface area contributed by atoms with Gasteiger partial charge in [0.1, 0.15) is 0 Å². The number of hydrogen-bond donors (Lipinski definition) is 3. The predicted octanol–water partition coefficient (Wildman–Crippen LogP) is 0.578. The van der Waals surface area contributed by atoms with Crippen molar-refractivity contribution in [1.82, 2.24) is 10.7 Å². The molecule has 24 heavy (non-hydrogen) atoms. The van der Waals surface area contributed by atoms with Gasteiger partial charge in [0.15, 0.2) is 0 Å². The van der Waals surface area contributed by atoms with Crippen molar-refractivity contribution in [3.8, 4) is 0 Å². The van der Waals surface area contributed by atoms with Crippen LogP contribution in [0, 0.1) is 6.92 Å². The molecule has 8 heteroatoms. The number of carbonyl (C=O) groups excluding carboxylic acids is 3. The summed E-state index contributed by atoms with van der Waals surface area (Å²) in [4.78, 5) is 34.8. The number of aryl methyl sites for hydroxylation is 1. The molecule has 1 aromatic carbocycles. The Hall–Kier alpha value is -2.74. The Morgan fingerprint density at radius 1 is 1.21 bits per heavy atom. The minimum atomic E-state index is -0.899. The molecule has 0 saturated carbocycles. The second kappa shape index (κ2) is 10.1. The summed E-state index contributed by atoms with van der Waals surface area (Å²) in [7, 11) is 1.49. The summed E-state index contributed by atoms with van der Waals surface area (Å²) >= 11 is 0. The Kier molecular flexibility index (Phi) is 8.14. The molecular formula is C16H22N4O4. The molecule has 3 amide bonds. The zero-order chi connectivity index (χ0) is 17.9. The first-order chi connectivity index (χ1) is 11.4. The van der Waals surface area contributed by atoms with E-state index in [0.29, 0.717) is 18.0 Å². The summed E-state index contributed by atoms with van der Waals surface area (Å²) in [5.41, 5.74) is 4.20. The van der Waals surface area contributed by atoms with Gasteiger partial charge < -0.3 is 15.4 Å². The Morgan fingerprint density at radius 2 is 1.96 bits per heavy atom. The lowest BCUT2D eigenvalue weighted by molar-refractivity contribution is -0.139. The normalized spacial score (nSPS) is 10.9. The van der Waals surface area contributed by atoms with Crippen LogP contribution in [-0.4, -0.2) is 43.7 Å². The highest BCUT2D eigenvalue weighted by molar-refractivity contribution is 6.35. The number of rotatable bonds is 7. The smallest absolute Gasteiger partial charge is 0.329 e. The number of carbonyl (C=O) groups is 3. The first-order valence-corrected chi connectivity index (χ1v) is 7.39. The van der Waals surface area contributed by atoms with E-state index in [2.05, 4.69) is 21.2 Å². The molecule has 1 rings (SSSR count). The summed E-state index contributed by atoms with van der Waals surface area (Å²) in [5, 5.41) is 8.83. The van der Waals surface area contributed by atoms with E-state index in [4.69, 9.17) is 4.74 Å². The highest BCUT2D eigenvalue weighted by atomic mass is 16.5. The molecule has 0 aliphatic rings. The first kappa shape index (κ1) is 19.3. The number of amides is 3. The maximum absolute atomic E-state index is 11.9. The van der Waals surface area contributed by atoms with Crippen LogP contribution in [0.25, 0.3) is 0 Å². The molecule has 0 aliphatic heterocycles. The van der Waals surface area contributed by atoms with Crippen molar-refractivity contribution < 1.29 is 19.1 Å². The van der Waals surface area contributed by atoms with E-state index < -0.39 is 11.8 Å².